The largest absolute Gasteiger partial charge is 0.497 e. The second kappa shape index (κ2) is 7.45. The molecule has 1 aromatic carbocycles. The zero-order valence-corrected chi connectivity index (χ0v) is 14.4. The molecule has 0 fully saturated rings. The summed E-state index contributed by atoms with van der Waals surface area (Å²) in [6, 6.07) is 9.85. The molecule has 2 aromatic rings. The van der Waals surface area contributed by atoms with E-state index in [-0.39, 0.29) is 11.9 Å². The van der Waals surface area contributed by atoms with Crippen molar-refractivity contribution in [1.29, 1.82) is 0 Å². The first-order valence-corrected chi connectivity index (χ1v) is 8.46. The van der Waals surface area contributed by atoms with E-state index in [1.54, 1.807) is 18.4 Å². The third kappa shape index (κ3) is 3.89. The predicted octanol–water partition coefficient (Wildman–Crippen LogP) is 4.76. The fraction of sp³-hybridized carbons (Fsp3) is 0.389. The lowest BCUT2D eigenvalue weighted by molar-refractivity contribution is 0.0936. The third-order valence-electron chi connectivity index (χ3n) is 3.68. The molecule has 2 rings (SSSR count). The Bertz CT molecular complexity index is 616. The van der Waals surface area contributed by atoms with Crippen LogP contribution in [-0.2, 0) is 0 Å². The molecule has 1 unspecified atom stereocenters. The SMILES string of the molecule is CCC(NC(=O)c1csc(C(C)C)c1)c1ccc(OC)cc1. The summed E-state index contributed by atoms with van der Waals surface area (Å²) in [4.78, 5) is 13.7. The van der Waals surface area contributed by atoms with Gasteiger partial charge in [0, 0.05) is 10.3 Å². The molecule has 1 aromatic heterocycles. The van der Waals surface area contributed by atoms with Gasteiger partial charge in [-0.15, -0.1) is 11.3 Å². The van der Waals surface area contributed by atoms with Gasteiger partial charge in [0.1, 0.15) is 5.75 Å². The second-order valence-corrected chi connectivity index (χ2v) is 6.54. The molecule has 0 aliphatic heterocycles. The maximum absolute atomic E-state index is 12.4. The molecular weight excluding hydrogens is 294 g/mol. The normalized spacial score (nSPS) is 12.2. The number of methoxy groups -OCH3 is 1. The van der Waals surface area contributed by atoms with Gasteiger partial charge in [0.25, 0.3) is 5.91 Å². The zero-order chi connectivity index (χ0) is 16.1. The van der Waals surface area contributed by atoms with Gasteiger partial charge in [0.05, 0.1) is 18.7 Å². The molecule has 0 radical (unpaired) electrons. The number of hydrogen-bond acceptors (Lipinski definition) is 3. The van der Waals surface area contributed by atoms with E-state index in [0.717, 1.165) is 23.3 Å². The Morgan fingerprint density at radius 3 is 2.45 bits per heavy atom. The number of hydrogen-bond donors (Lipinski definition) is 1. The summed E-state index contributed by atoms with van der Waals surface area (Å²) in [7, 11) is 1.65. The monoisotopic (exact) mass is 317 g/mol. The first-order valence-electron chi connectivity index (χ1n) is 7.58. The Kier molecular flexibility index (Phi) is 5.61. The van der Waals surface area contributed by atoms with Crippen LogP contribution in [0.5, 0.6) is 5.75 Å². The summed E-state index contributed by atoms with van der Waals surface area (Å²) in [5.74, 6) is 1.27. The maximum atomic E-state index is 12.4. The van der Waals surface area contributed by atoms with E-state index in [1.165, 1.54) is 4.88 Å². The number of carbonyl (C=O) groups excluding carboxylic acids is 1. The van der Waals surface area contributed by atoms with E-state index in [0.29, 0.717) is 5.92 Å². The quantitative estimate of drug-likeness (QED) is 0.834. The van der Waals surface area contributed by atoms with Crippen LogP contribution in [0.1, 0.15) is 60.0 Å². The minimum atomic E-state index is -0.00850. The minimum absolute atomic E-state index is 0.00850. The Morgan fingerprint density at radius 1 is 1.27 bits per heavy atom. The van der Waals surface area contributed by atoms with E-state index >= 15 is 0 Å². The molecular formula is C18H23NO2S. The average Bonchev–Trinajstić information content (AvgIpc) is 3.03. The van der Waals surface area contributed by atoms with Crippen molar-refractivity contribution >= 4 is 17.2 Å². The number of ether oxygens (including phenoxy) is 1. The molecule has 0 aliphatic carbocycles. The van der Waals surface area contributed by atoms with Gasteiger partial charge in [-0.3, -0.25) is 4.79 Å². The van der Waals surface area contributed by atoms with Gasteiger partial charge in [0.15, 0.2) is 0 Å². The molecule has 0 saturated carbocycles. The van der Waals surface area contributed by atoms with Crippen LogP contribution >= 0.6 is 11.3 Å². The smallest absolute Gasteiger partial charge is 0.252 e. The lowest BCUT2D eigenvalue weighted by atomic mass is 10.0. The highest BCUT2D eigenvalue weighted by atomic mass is 32.1. The van der Waals surface area contributed by atoms with Gasteiger partial charge < -0.3 is 10.1 Å². The fourth-order valence-electron chi connectivity index (χ4n) is 2.27. The van der Waals surface area contributed by atoms with Crippen molar-refractivity contribution in [1.82, 2.24) is 5.32 Å². The van der Waals surface area contributed by atoms with Crippen molar-refractivity contribution in [2.24, 2.45) is 0 Å². The summed E-state index contributed by atoms with van der Waals surface area (Å²) in [6.07, 6.45) is 0.846. The minimum Gasteiger partial charge on any atom is -0.497 e. The van der Waals surface area contributed by atoms with Crippen molar-refractivity contribution in [3.8, 4) is 5.75 Å². The Morgan fingerprint density at radius 2 is 1.95 bits per heavy atom. The van der Waals surface area contributed by atoms with E-state index in [9.17, 15) is 4.79 Å². The number of amides is 1. The second-order valence-electron chi connectivity index (χ2n) is 5.60. The summed E-state index contributed by atoms with van der Waals surface area (Å²) in [6.45, 7) is 6.35. The summed E-state index contributed by atoms with van der Waals surface area (Å²) in [5.41, 5.74) is 1.84. The molecule has 1 amide bonds. The first kappa shape index (κ1) is 16.6. The van der Waals surface area contributed by atoms with Crippen molar-refractivity contribution in [3.63, 3.8) is 0 Å². The molecule has 4 heteroatoms. The van der Waals surface area contributed by atoms with Gasteiger partial charge in [0.2, 0.25) is 0 Å². The number of rotatable bonds is 6. The number of nitrogens with one attached hydrogen (secondary N) is 1. The van der Waals surface area contributed by atoms with Gasteiger partial charge in [-0.25, -0.2) is 0 Å². The zero-order valence-electron chi connectivity index (χ0n) is 13.6. The highest BCUT2D eigenvalue weighted by Gasteiger charge is 2.16. The Hall–Kier alpha value is -1.81. The lowest BCUT2D eigenvalue weighted by Gasteiger charge is -2.17. The van der Waals surface area contributed by atoms with Crippen LogP contribution in [0, 0.1) is 0 Å². The van der Waals surface area contributed by atoms with Crippen LogP contribution in [0.2, 0.25) is 0 Å². The molecule has 1 heterocycles. The van der Waals surface area contributed by atoms with Crippen molar-refractivity contribution in [2.45, 2.75) is 39.2 Å². The van der Waals surface area contributed by atoms with Gasteiger partial charge in [-0.1, -0.05) is 32.9 Å². The molecule has 3 nitrogen and oxygen atoms in total. The molecule has 0 bridgehead atoms. The van der Waals surface area contributed by atoms with E-state index < -0.39 is 0 Å². The van der Waals surface area contributed by atoms with Crippen molar-refractivity contribution in [3.05, 3.63) is 51.7 Å². The lowest BCUT2D eigenvalue weighted by Crippen LogP contribution is -2.27. The average molecular weight is 317 g/mol. The highest BCUT2D eigenvalue weighted by Crippen LogP contribution is 2.25. The number of benzene rings is 1. The molecule has 118 valence electrons. The third-order valence-corrected chi connectivity index (χ3v) is 4.92. The van der Waals surface area contributed by atoms with Crippen LogP contribution in [0.4, 0.5) is 0 Å². The Balaban J connectivity index is 2.09. The van der Waals surface area contributed by atoms with Gasteiger partial charge in [-0.05, 0) is 36.1 Å². The molecule has 1 N–H and O–H groups in total. The summed E-state index contributed by atoms with van der Waals surface area (Å²) in [5, 5.41) is 5.05. The van der Waals surface area contributed by atoms with Crippen LogP contribution in [0.3, 0.4) is 0 Å². The predicted molar refractivity (Wildman–Crippen MR) is 91.9 cm³/mol. The molecule has 22 heavy (non-hydrogen) atoms. The van der Waals surface area contributed by atoms with Crippen LogP contribution < -0.4 is 10.1 Å². The van der Waals surface area contributed by atoms with Crippen LogP contribution in [-0.4, -0.2) is 13.0 Å². The van der Waals surface area contributed by atoms with Crippen molar-refractivity contribution < 1.29 is 9.53 Å². The number of thiophene rings is 1. The summed E-state index contributed by atoms with van der Waals surface area (Å²) < 4.78 is 5.17. The van der Waals surface area contributed by atoms with Crippen LogP contribution in [0.25, 0.3) is 0 Å². The molecule has 1 atom stereocenters. The topological polar surface area (TPSA) is 38.3 Å². The maximum Gasteiger partial charge on any atom is 0.252 e. The fourth-order valence-corrected chi connectivity index (χ4v) is 3.18. The molecule has 0 spiro atoms. The van der Waals surface area contributed by atoms with E-state index in [2.05, 4.69) is 26.1 Å². The Labute approximate surface area is 136 Å². The molecule has 0 aliphatic rings. The van der Waals surface area contributed by atoms with E-state index in [1.807, 2.05) is 35.7 Å². The first-order chi connectivity index (χ1) is 10.5. The summed E-state index contributed by atoms with van der Waals surface area (Å²) >= 11 is 1.64. The van der Waals surface area contributed by atoms with Crippen LogP contribution in [0.15, 0.2) is 35.7 Å². The molecule has 0 saturated heterocycles. The van der Waals surface area contributed by atoms with Gasteiger partial charge in [-0.2, -0.15) is 0 Å². The number of carbonyl (C=O) groups is 1. The highest BCUT2D eigenvalue weighted by molar-refractivity contribution is 7.10. The van der Waals surface area contributed by atoms with Crippen molar-refractivity contribution in [2.75, 3.05) is 7.11 Å². The van der Waals surface area contributed by atoms with Gasteiger partial charge >= 0.3 is 0 Å². The van der Waals surface area contributed by atoms with E-state index in [4.69, 9.17) is 4.74 Å². The standard InChI is InChI=1S/C18H23NO2S/c1-5-16(13-6-8-15(21-4)9-7-13)19-18(20)14-10-17(12(2)3)22-11-14/h6-12,16H,5H2,1-4H3,(H,19,20).